The van der Waals surface area contributed by atoms with Crippen LogP contribution in [0, 0.1) is 0 Å². The van der Waals surface area contributed by atoms with Crippen LogP contribution in [0.2, 0.25) is 0 Å². The van der Waals surface area contributed by atoms with E-state index in [1.807, 2.05) is 42.6 Å². The first kappa shape index (κ1) is 15.8. The summed E-state index contributed by atoms with van der Waals surface area (Å²) >= 11 is 0. The first-order valence-corrected chi connectivity index (χ1v) is 8.10. The molecule has 0 spiro atoms. The molecule has 0 atom stereocenters. The van der Waals surface area contributed by atoms with Crippen LogP contribution in [-0.4, -0.2) is 30.2 Å². The second-order valence-electron chi connectivity index (χ2n) is 5.74. The molecule has 3 heterocycles. The molecule has 26 heavy (non-hydrogen) atoms. The van der Waals surface area contributed by atoms with Gasteiger partial charge in [-0.15, -0.1) is 0 Å². The van der Waals surface area contributed by atoms with Crippen molar-refractivity contribution in [3.05, 3.63) is 90.9 Å². The second-order valence-corrected chi connectivity index (χ2v) is 5.74. The van der Waals surface area contributed by atoms with Crippen LogP contribution >= 0.6 is 0 Å². The smallest absolute Gasteiger partial charge is 0.258 e. The fourth-order valence-electron chi connectivity index (χ4n) is 2.55. The molecule has 3 aromatic heterocycles. The minimum atomic E-state index is -0.221. The van der Waals surface area contributed by atoms with E-state index in [0.29, 0.717) is 17.8 Å². The maximum atomic E-state index is 12.4. The molecule has 0 saturated heterocycles. The Balaban J connectivity index is 1.42. The van der Waals surface area contributed by atoms with Crippen LogP contribution in [0.15, 0.2) is 79.8 Å². The third kappa shape index (κ3) is 3.51. The van der Waals surface area contributed by atoms with Crippen molar-refractivity contribution in [3.63, 3.8) is 0 Å². The SMILES string of the molecule is O=C(Nc1ccc(-n2ccnc2)nc1)c1cnn(Cc2ccccc2)c1. The molecule has 0 bridgehead atoms. The molecular formula is C19H16N6O. The summed E-state index contributed by atoms with van der Waals surface area (Å²) in [5.74, 6) is 0.512. The Kier molecular flexibility index (Phi) is 4.26. The predicted molar refractivity (Wildman–Crippen MR) is 97.1 cm³/mol. The highest BCUT2D eigenvalue weighted by atomic mass is 16.1. The lowest BCUT2D eigenvalue weighted by atomic mass is 10.2. The number of imidazole rings is 1. The molecule has 1 aromatic carbocycles. The van der Waals surface area contributed by atoms with Gasteiger partial charge in [0.05, 0.1) is 30.2 Å². The van der Waals surface area contributed by atoms with Gasteiger partial charge in [-0.2, -0.15) is 5.10 Å². The number of pyridine rings is 1. The topological polar surface area (TPSA) is 77.6 Å². The van der Waals surface area contributed by atoms with Crippen molar-refractivity contribution in [2.24, 2.45) is 0 Å². The molecule has 0 radical (unpaired) electrons. The Morgan fingerprint density at radius 1 is 1.08 bits per heavy atom. The first-order chi connectivity index (χ1) is 12.8. The minimum absolute atomic E-state index is 0.221. The molecule has 1 amide bonds. The van der Waals surface area contributed by atoms with Gasteiger partial charge in [0, 0.05) is 18.6 Å². The van der Waals surface area contributed by atoms with E-state index in [0.717, 1.165) is 11.4 Å². The van der Waals surface area contributed by atoms with Crippen LogP contribution in [0.3, 0.4) is 0 Å². The highest BCUT2D eigenvalue weighted by Gasteiger charge is 2.10. The van der Waals surface area contributed by atoms with Crippen LogP contribution < -0.4 is 5.32 Å². The zero-order chi connectivity index (χ0) is 17.8. The molecular weight excluding hydrogens is 328 g/mol. The van der Waals surface area contributed by atoms with Gasteiger partial charge in [-0.1, -0.05) is 30.3 Å². The van der Waals surface area contributed by atoms with Crippen LogP contribution in [-0.2, 0) is 6.54 Å². The van der Waals surface area contributed by atoms with Crippen molar-refractivity contribution in [2.45, 2.75) is 6.54 Å². The molecule has 4 rings (SSSR count). The van der Waals surface area contributed by atoms with Crippen LogP contribution in [0.25, 0.3) is 5.82 Å². The summed E-state index contributed by atoms with van der Waals surface area (Å²) in [7, 11) is 0. The molecule has 7 heteroatoms. The van der Waals surface area contributed by atoms with E-state index in [2.05, 4.69) is 20.4 Å². The summed E-state index contributed by atoms with van der Waals surface area (Å²) in [6.07, 6.45) is 10.1. The number of nitrogens with one attached hydrogen (secondary N) is 1. The quantitative estimate of drug-likeness (QED) is 0.604. The molecule has 0 aliphatic carbocycles. The van der Waals surface area contributed by atoms with Crippen molar-refractivity contribution >= 4 is 11.6 Å². The lowest BCUT2D eigenvalue weighted by Gasteiger charge is -2.05. The second kappa shape index (κ2) is 7.02. The van der Waals surface area contributed by atoms with Gasteiger partial charge in [0.25, 0.3) is 5.91 Å². The van der Waals surface area contributed by atoms with Crippen LogP contribution in [0.5, 0.6) is 0 Å². The van der Waals surface area contributed by atoms with Crippen molar-refractivity contribution < 1.29 is 4.79 Å². The average Bonchev–Trinajstić information content (AvgIpc) is 3.35. The van der Waals surface area contributed by atoms with Gasteiger partial charge in [-0.3, -0.25) is 14.0 Å². The molecule has 1 N–H and O–H groups in total. The third-order valence-electron chi connectivity index (χ3n) is 3.86. The normalized spacial score (nSPS) is 10.6. The number of hydrogen-bond donors (Lipinski definition) is 1. The van der Waals surface area contributed by atoms with E-state index in [1.165, 1.54) is 0 Å². The van der Waals surface area contributed by atoms with Crippen molar-refractivity contribution in [2.75, 3.05) is 5.32 Å². The van der Waals surface area contributed by atoms with Gasteiger partial charge < -0.3 is 5.32 Å². The van der Waals surface area contributed by atoms with Gasteiger partial charge in [0.15, 0.2) is 0 Å². The van der Waals surface area contributed by atoms with E-state index >= 15 is 0 Å². The maximum absolute atomic E-state index is 12.4. The van der Waals surface area contributed by atoms with E-state index in [-0.39, 0.29) is 5.91 Å². The van der Waals surface area contributed by atoms with Crippen molar-refractivity contribution in [1.82, 2.24) is 24.3 Å². The van der Waals surface area contributed by atoms with E-state index < -0.39 is 0 Å². The number of aromatic nitrogens is 5. The van der Waals surface area contributed by atoms with Gasteiger partial charge in [-0.05, 0) is 17.7 Å². The molecule has 0 saturated carbocycles. The number of benzene rings is 1. The highest BCUT2D eigenvalue weighted by molar-refractivity contribution is 6.03. The number of carbonyl (C=O) groups is 1. The average molecular weight is 344 g/mol. The van der Waals surface area contributed by atoms with E-state index in [1.54, 1.807) is 46.4 Å². The zero-order valence-corrected chi connectivity index (χ0v) is 13.9. The number of hydrogen-bond acceptors (Lipinski definition) is 4. The molecule has 7 nitrogen and oxygen atoms in total. The number of anilines is 1. The number of amides is 1. The Morgan fingerprint density at radius 2 is 1.96 bits per heavy atom. The Hall–Kier alpha value is -3.74. The third-order valence-corrected chi connectivity index (χ3v) is 3.86. The van der Waals surface area contributed by atoms with Crippen molar-refractivity contribution in [1.29, 1.82) is 0 Å². The Bertz CT molecular complexity index is 990. The Labute approximate surface area is 150 Å². The van der Waals surface area contributed by atoms with Gasteiger partial charge in [0.2, 0.25) is 0 Å². The molecule has 128 valence electrons. The highest BCUT2D eigenvalue weighted by Crippen LogP contribution is 2.11. The van der Waals surface area contributed by atoms with Crippen LogP contribution in [0.4, 0.5) is 5.69 Å². The molecule has 4 aromatic rings. The first-order valence-electron chi connectivity index (χ1n) is 8.10. The summed E-state index contributed by atoms with van der Waals surface area (Å²) in [6.45, 7) is 0.620. The monoisotopic (exact) mass is 344 g/mol. The number of nitrogens with zero attached hydrogens (tertiary/aromatic N) is 5. The van der Waals surface area contributed by atoms with E-state index in [9.17, 15) is 4.79 Å². The van der Waals surface area contributed by atoms with E-state index in [4.69, 9.17) is 0 Å². The fraction of sp³-hybridized carbons (Fsp3) is 0.0526. The van der Waals surface area contributed by atoms with Gasteiger partial charge in [0.1, 0.15) is 12.1 Å². The summed E-state index contributed by atoms with van der Waals surface area (Å²) in [5.41, 5.74) is 2.25. The summed E-state index contributed by atoms with van der Waals surface area (Å²) in [6, 6.07) is 13.6. The van der Waals surface area contributed by atoms with Gasteiger partial charge >= 0.3 is 0 Å². The lowest BCUT2D eigenvalue weighted by Crippen LogP contribution is -2.11. The van der Waals surface area contributed by atoms with Gasteiger partial charge in [-0.25, -0.2) is 9.97 Å². The maximum Gasteiger partial charge on any atom is 0.258 e. The fourth-order valence-corrected chi connectivity index (χ4v) is 2.55. The summed E-state index contributed by atoms with van der Waals surface area (Å²) < 4.78 is 3.53. The standard InChI is InChI=1S/C19H16N6O/c26-19(16-10-22-25(13-16)12-15-4-2-1-3-5-15)23-17-6-7-18(21-11-17)24-9-8-20-14-24/h1-11,13-14H,12H2,(H,23,26). The molecule has 0 fully saturated rings. The Morgan fingerprint density at radius 3 is 2.69 bits per heavy atom. The largest absolute Gasteiger partial charge is 0.320 e. The lowest BCUT2D eigenvalue weighted by molar-refractivity contribution is 0.102. The summed E-state index contributed by atoms with van der Waals surface area (Å²) in [4.78, 5) is 20.7. The molecule has 0 aliphatic heterocycles. The summed E-state index contributed by atoms with van der Waals surface area (Å²) in [5, 5.41) is 7.08. The molecule has 0 aliphatic rings. The zero-order valence-electron chi connectivity index (χ0n) is 13.9. The number of rotatable bonds is 5. The predicted octanol–water partition coefficient (Wildman–Crippen LogP) is 2.76. The minimum Gasteiger partial charge on any atom is -0.320 e. The van der Waals surface area contributed by atoms with Crippen molar-refractivity contribution in [3.8, 4) is 5.82 Å². The van der Waals surface area contributed by atoms with Crippen LogP contribution in [0.1, 0.15) is 15.9 Å². The molecule has 0 unspecified atom stereocenters. The number of carbonyl (C=O) groups excluding carboxylic acids is 1.